The highest BCUT2D eigenvalue weighted by Gasteiger charge is 2.24. The maximum absolute atomic E-state index is 12.8. The van der Waals surface area contributed by atoms with E-state index in [2.05, 4.69) is 4.72 Å². The summed E-state index contributed by atoms with van der Waals surface area (Å²) in [4.78, 5) is 11.0. The standard InChI is InChI=1S/C25H21NO6S3/c27-25(28)20-12-8-18(9-13-20)6-7-19-10-14-21(15-11-19)26-35(31,32)24-16-23(17-33-24)34(29,30)22-4-2-1-3-5-22/h1-5,8-17,26H,6-7H2,(H,27,28). The van der Waals surface area contributed by atoms with Crippen molar-refractivity contribution >= 4 is 42.9 Å². The maximum atomic E-state index is 12.8. The molecule has 10 heteroatoms. The number of hydrogen-bond donors (Lipinski definition) is 2. The van der Waals surface area contributed by atoms with E-state index in [9.17, 15) is 21.6 Å². The SMILES string of the molecule is O=C(O)c1ccc(CCc2ccc(NS(=O)(=O)c3cc(S(=O)(=O)c4ccccc4)cs3)cc2)cc1. The van der Waals surface area contributed by atoms with E-state index in [0.717, 1.165) is 22.5 Å². The van der Waals surface area contributed by atoms with Crippen molar-refractivity contribution in [2.45, 2.75) is 26.8 Å². The Morgan fingerprint density at radius 1 is 0.771 bits per heavy atom. The molecule has 0 radical (unpaired) electrons. The number of sulfone groups is 1. The van der Waals surface area contributed by atoms with Gasteiger partial charge in [-0.3, -0.25) is 4.72 Å². The number of nitrogens with one attached hydrogen (secondary N) is 1. The number of benzene rings is 3. The van der Waals surface area contributed by atoms with Crippen LogP contribution in [0, 0.1) is 0 Å². The summed E-state index contributed by atoms with van der Waals surface area (Å²) in [6.07, 6.45) is 1.41. The van der Waals surface area contributed by atoms with Crippen LogP contribution in [-0.4, -0.2) is 27.9 Å². The predicted octanol–water partition coefficient (Wildman–Crippen LogP) is 4.87. The summed E-state index contributed by atoms with van der Waals surface area (Å²) >= 11 is 0.843. The predicted molar refractivity (Wildman–Crippen MR) is 134 cm³/mol. The van der Waals surface area contributed by atoms with E-state index < -0.39 is 25.8 Å². The highest BCUT2D eigenvalue weighted by atomic mass is 32.2. The Hall–Kier alpha value is -3.47. The molecule has 35 heavy (non-hydrogen) atoms. The van der Waals surface area contributed by atoms with Crippen molar-refractivity contribution in [1.82, 2.24) is 0 Å². The van der Waals surface area contributed by atoms with Crippen molar-refractivity contribution in [3.05, 3.63) is 107 Å². The third-order valence-corrected chi connectivity index (χ3v) is 10.0. The summed E-state index contributed by atoms with van der Waals surface area (Å²) in [6.45, 7) is 0. The van der Waals surface area contributed by atoms with Crippen LogP contribution >= 0.6 is 11.3 Å². The van der Waals surface area contributed by atoms with Crippen LogP contribution in [0.15, 0.2) is 104 Å². The van der Waals surface area contributed by atoms with E-state index in [-0.39, 0.29) is 19.6 Å². The third kappa shape index (κ3) is 5.79. The average Bonchev–Trinajstić information content (AvgIpc) is 3.37. The summed E-state index contributed by atoms with van der Waals surface area (Å²) in [5.41, 5.74) is 2.59. The zero-order valence-corrected chi connectivity index (χ0v) is 20.7. The number of aromatic carboxylic acids is 1. The number of sulfonamides is 1. The second kappa shape index (κ2) is 10.0. The van der Waals surface area contributed by atoms with Crippen LogP contribution in [0.5, 0.6) is 0 Å². The number of aryl methyl sites for hydroxylation is 2. The van der Waals surface area contributed by atoms with E-state index >= 15 is 0 Å². The first-order valence-electron chi connectivity index (χ1n) is 10.5. The van der Waals surface area contributed by atoms with Gasteiger partial charge in [0.25, 0.3) is 10.0 Å². The summed E-state index contributed by atoms with van der Waals surface area (Å²) in [6, 6.07) is 22.6. The van der Waals surface area contributed by atoms with Crippen LogP contribution in [0.3, 0.4) is 0 Å². The number of rotatable bonds is 9. The van der Waals surface area contributed by atoms with Crippen molar-refractivity contribution < 1.29 is 26.7 Å². The highest BCUT2D eigenvalue weighted by Crippen LogP contribution is 2.29. The molecule has 3 aromatic carbocycles. The lowest BCUT2D eigenvalue weighted by atomic mass is 10.0. The number of carbonyl (C=O) groups is 1. The van der Waals surface area contributed by atoms with E-state index in [1.165, 1.54) is 23.6 Å². The number of carboxylic acids is 1. The molecular formula is C25H21NO6S3. The first kappa shape index (κ1) is 24.6. The zero-order valence-electron chi connectivity index (χ0n) is 18.3. The molecule has 0 amide bonds. The Balaban J connectivity index is 1.41. The van der Waals surface area contributed by atoms with Crippen LogP contribution in [0.2, 0.25) is 0 Å². The summed E-state index contributed by atoms with van der Waals surface area (Å²) in [5.74, 6) is -0.966. The van der Waals surface area contributed by atoms with Crippen molar-refractivity contribution in [3.8, 4) is 0 Å². The Labute approximate surface area is 207 Å². The van der Waals surface area contributed by atoms with Crippen molar-refractivity contribution in [2.24, 2.45) is 0 Å². The molecule has 2 N–H and O–H groups in total. The molecule has 0 fully saturated rings. The number of hydrogen-bond acceptors (Lipinski definition) is 6. The van der Waals surface area contributed by atoms with E-state index in [1.54, 1.807) is 54.6 Å². The van der Waals surface area contributed by atoms with E-state index in [4.69, 9.17) is 5.11 Å². The molecule has 0 saturated heterocycles. The Bertz CT molecular complexity index is 1540. The summed E-state index contributed by atoms with van der Waals surface area (Å²) in [7, 11) is -7.76. The first-order valence-corrected chi connectivity index (χ1v) is 14.3. The van der Waals surface area contributed by atoms with Crippen LogP contribution in [0.4, 0.5) is 5.69 Å². The Kier molecular flexibility index (Phi) is 7.06. The molecule has 1 heterocycles. The van der Waals surface area contributed by atoms with Gasteiger partial charge in [-0.2, -0.15) is 0 Å². The third-order valence-electron chi connectivity index (χ3n) is 5.29. The molecule has 0 atom stereocenters. The van der Waals surface area contributed by atoms with E-state index in [0.29, 0.717) is 18.5 Å². The molecule has 4 aromatic rings. The van der Waals surface area contributed by atoms with Gasteiger partial charge in [-0.05, 0) is 66.4 Å². The lowest BCUT2D eigenvalue weighted by molar-refractivity contribution is 0.0697. The van der Waals surface area contributed by atoms with Gasteiger partial charge in [0.2, 0.25) is 9.84 Å². The van der Waals surface area contributed by atoms with Gasteiger partial charge in [0.05, 0.1) is 15.4 Å². The number of carboxylic acid groups (broad SMARTS) is 1. The van der Waals surface area contributed by atoms with Crippen molar-refractivity contribution in [3.63, 3.8) is 0 Å². The average molecular weight is 528 g/mol. The molecule has 0 unspecified atom stereocenters. The van der Waals surface area contributed by atoms with Crippen LogP contribution < -0.4 is 4.72 Å². The topological polar surface area (TPSA) is 118 Å². The molecule has 0 aliphatic heterocycles. The van der Waals surface area contributed by atoms with Gasteiger partial charge in [0.1, 0.15) is 4.21 Å². The van der Waals surface area contributed by atoms with Crippen molar-refractivity contribution in [2.75, 3.05) is 4.72 Å². The molecule has 4 rings (SSSR count). The van der Waals surface area contributed by atoms with Gasteiger partial charge < -0.3 is 5.11 Å². The minimum Gasteiger partial charge on any atom is -0.478 e. The molecule has 0 saturated carbocycles. The summed E-state index contributed by atoms with van der Waals surface area (Å²) < 4.78 is 53.5. The highest BCUT2D eigenvalue weighted by molar-refractivity contribution is 7.95. The second-order valence-corrected chi connectivity index (χ2v) is 12.5. The lowest BCUT2D eigenvalue weighted by Gasteiger charge is -2.08. The van der Waals surface area contributed by atoms with Gasteiger partial charge in [-0.15, -0.1) is 11.3 Å². The zero-order chi connectivity index (χ0) is 25.1. The van der Waals surface area contributed by atoms with Crippen LogP contribution in [0.25, 0.3) is 0 Å². The quantitative estimate of drug-likeness (QED) is 0.321. The fourth-order valence-electron chi connectivity index (χ4n) is 3.37. The monoisotopic (exact) mass is 527 g/mol. The van der Waals surface area contributed by atoms with Crippen LogP contribution in [-0.2, 0) is 32.7 Å². The molecular weight excluding hydrogens is 506 g/mol. The van der Waals surface area contributed by atoms with Gasteiger partial charge in [0, 0.05) is 11.1 Å². The van der Waals surface area contributed by atoms with Crippen LogP contribution in [0.1, 0.15) is 21.5 Å². The molecule has 0 bridgehead atoms. The molecule has 1 aromatic heterocycles. The van der Waals surface area contributed by atoms with Gasteiger partial charge in [0.15, 0.2) is 0 Å². The fourth-order valence-corrected chi connectivity index (χ4v) is 7.33. The van der Waals surface area contributed by atoms with Crippen molar-refractivity contribution in [1.29, 1.82) is 0 Å². The van der Waals surface area contributed by atoms with Gasteiger partial charge >= 0.3 is 5.97 Å². The molecule has 0 aliphatic rings. The number of anilines is 1. The summed E-state index contributed by atoms with van der Waals surface area (Å²) in [5, 5.41) is 10.3. The van der Waals surface area contributed by atoms with Gasteiger partial charge in [-0.1, -0.05) is 42.5 Å². The minimum absolute atomic E-state index is 0.0687. The van der Waals surface area contributed by atoms with Gasteiger partial charge in [-0.25, -0.2) is 21.6 Å². The second-order valence-electron chi connectivity index (χ2n) is 7.72. The smallest absolute Gasteiger partial charge is 0.335 e. The normalized spacial score (nSPS) is 11.8. The van der Waals surface area contributed by atoms with E-state index in [1.807, 2.05) is 12.1 Å². The Morgan fingerprint density at radius 3 is 1.91 bits per heavy atom. The first-order chi connectivity index (χ1) is 16.6. The lowest BCUT2D eigenvalue weighted by Crippen LogP contribution is -2.11. The largest absolute Gasteiger partial charge is 0.478 e. The minimum atomic E-state index is -3.96. The molecule has 0 aliphatic carbocycles. The molecule has 0 spiro atoms. The molecule has 7 nitrogen and oxygen atoms in total. The fraction of sp³-hybridized carbons (Fsp3) is 0.0800. The molecule has 180 valence electrons. The maximum Gasteiger partial charge on any atom is 0.335 e. The Morgan fingerprint density at radius 2 is 1.34 bits per heavy atom. The number of thiophene rings is 1.